The molecule has 0 bridgehead atoms. The Balaban J connectivity index is 1.34. The lowest BCUT2D eigenvalue weighted by molar-refractivity contribution is -0.187. The van der Waals surface area contributed by atoms with E-state index in [2.05, 4.69) is 11.7 Å². The second-order valence-electron chi connectivity index (χ2n) is 11.2. The molecule has 11 heteroatoms. The molecule has 5 aromatic carbocycles. The minimum atomic E-state index is -4.59. The number of rotatable bonds is 11. The number of hydrogen-bond acceptors (Lipinski definition) is 1. The highest BCUT2D eigenvalue weighted by atomic mass is 19.3. The molecule has 0 atom stereocenters. The fourth-order valence-electron chi connectivity index (χ4n) is 5.16. The molecule has 0 radical (unpaired) electrons. The van der Waals surface area contributed by atoms with E-state index in [-0.39, 0.29) is 29.3 Å². The standard InChI is InChI=1S/C38H26F10O/c1-2-3-4-5-21-6-8-22(9-7-21)23-10-13-27(30(39)16-23)24-11-14-28(31(40)17-24)36(45)35(44)25-12-15-29(32(41)18-25)38(47,48)49-26-19-33(42)37(46)34(43)20-26/h6-20H,2-5H2,1H3/b36-35+. The van der Waals surface area contributed by atoms with E-state index < -0.39 is 75.1 Å². The molecule has 0 saturated carbocycles. The molecule has 49 heavy (non-hydrogen) atoms. The van der Waals surface area contributed by atoms with Gasteiger partial charge in [-0.25, -0.2) is 35.1 Å². The van der Waals surface area contributed by atoms with Crippen LogP contribution in [0.5, 0.6) is 5.75 Å². The van der Waals surface area contributed by atoms with Gasteiger partial charge in [-0.15, -0.1) is 0 Å². The topological polar surface area (TPSA) is 9.23 Å². The van der Waals surface area contributed by atoms with Crippen LogP contribution in [0.2, 0.25) is 0 Å². The summed E-state index contributed by atoms with van der Waals surface area (Å²) >= 11 is 0. The fraction of sp³-hybridized carbons (Fsp3) is 0.158. The van der Waals surface area contributed by atoms with Crippen molar-refractivity contribution in [2.75, 3.05) is 0 Å². The van der Waals surface area contributed by atoms with Gasteiger partial charge in [0.05, 0.1) is 5.56 Å². The molecule has 0 unspecified atom stereocenters. The van der Waals surface area contributed by atoms with Gasteiger partial charge in [0.25, 0.3) is 0 Å². The third kappa shape index (κ3) is 7.82. The van der Waals surface area contributed by atoms with Crippen LogP contribution in [0, 0.1) is 34.9 Å². The van der Waals surface area contributed by atoms with Crippen molar-refractivity contribution in [3.05, 3.63) is 148 Å². The van der Waals surface area contributed by atoms with E-state index in [4.69, 9.17) is 0 Å². The van der Waals surface area contributed by atoms with Crippen molar-refractivity contribution in [3.8, 4) is 28.0 Å². The average Bonchev–Trinajstić information content (AvgIpc) is 3.06. The molecule has 254 valence electrons. The van der Waals surface area contributed by atoms with Crippen molar-refractivity contribution < 1.29 is 48.6 Å². The number of unbranched alkanes of at least 4 members (excludes halogenated alkanes) is 2. The Labute approximate surface area is 275 Å². The van der Waals surface area contributed by atoms with Crippen LogP contribution in [0.15, 0.2) is 91.0 Å². The number of aryl methyl sites for hydroxylation is 1. The lowest BCUT2D eigenvalue weighted by atomic mass is 9.97. The Morgan fingerprint density at radius 2 is 1.22 bits per heavy atom. The molecule has 0 aliphatic carbocycles. The Morgan fingerprint density at radius 1 is 0.592 bits per heavy atom. The number of alkyl halides is 2. The van der Waals surface area contributed by atoms with Crippen LogP contribution >= 0.6 is 0 Å². The molecule has 5 rings (SSSR count). The molecule has 0 N–H and O–H groups in total. The predicted octanol–water partition coefficient (Wildman–Crippen LogP) is 12.5. The zero-order chi connectivity index (χ0) is 35.5. The summed E-state index contributed by atoms with van der Waals surface area (Å²) in [5.41, 5.74) is -0.813. The monoisotopic (exact) mass is 688 g/mol. The Kier molecular flexibility index (Phi) is 10.5. The molecule has 0 aliphatic heterocycles. The van der Waals surface area contributed by atoms with Gasteiger partial charge in [0, 0.05) is 28.8 Å². The average molecular weight is 689 g/mol. The van der Waals surface area contributed by atoms with Crippen LogP contribution in [0.4, 0.5) is 43.9 Å². The van der Waals surface area contributed by atoms with Crippen LogP contribution in [-0.4, -0.2) is 0 Å². The quantitative estimate of drug-likeness (QED) is 0.0581. The summed E-state index contributed by atoms with van der Waals surface area (Å²) in [6, 6.07) is 16.1. The van der Waals surface area contributed by atoms with E-state index in [0.717, 1.165) is 55.0 Å². The predicted molar refractivity (Wildman–Crippen MR) is 167 cm³/mol. The fourth-order valence-corrected chi connectivity index (χ4v) is 5.16. The molecular formula is C38H26F10O. The summed E-state index contributed by atoms with van der Waals surface area (Å²) in [6.45, 7) is 2.12. The zero-order valence-electron chi connectivity index (χ0n) is 25.7. The van der Waals surface area contributed by atoms with Crippen molar-refractivity contribution >= 4 is 11.7 Å². The number of hydrogen-bond donors (Lipinski definition) is 0. The van der Waals surface area contributed by atoms with E-state index in [1.807, 2.05) is 24.3 Å². The molecular weight excluding hydrogens is 662 g/mol. The lowest BCUT2D eigenvalue weighted by Crippen LogP contribution is -2.23. The summed E-state index contributed by atoms with van der Waals surface area (Å²) in [6.07, 6.45) is -0.348. The van der Waals surface area contributed by atoms with Crippen molar-refractivity contribution in [2.45, 2.75) is 38.7 Å². The van der Waals surface area contributed by atoms with Gasteiger partial charge in [-0.2, -0.15) is 8.78 Å². The summed E-state index contributed by atoms with van der Waals surface area (Å²) in [5, 5.41) is 0. The summed E-state index contributed by atoms with van der Waals surface area (Å²) in [5.74, 6) is -14.2. The highest BCUT2D eigenvalue weighted by Crippen LogP contribution is 2.38. The maximum Gasteiger partial charge on any atom is 0.429 e. The van der Waals surface area contributed by atoms with Gasteiger partial charge < -0.3 is 4.74 Å². The molecule has 1 nitrogen and oxygen atoms in total. The minimum absolute atomic E-state index is 0.0119. The first-order chi connectivity index (χ1) is 23.3. The molecule has 0 aliphatic rings. The van der Waals surface area contributed by atoms with Crippen molar-refractivity contribution in [3.63, 3.8) is 0 Å². The van der Waals surface area contributed by atoms with Crippen LogP contribution in [-0.2, 0) is 12.5 Å². The first-order valence-electron chi connectivity index (χ1n) is 15.0. The normalized spacial score (nSPS) is 12.2. The summed E-state index contributed by atoms with van der Waals surface area (Å²) in [7, 11) is 0. The Hall–Kier alpha value is -5.06. The molecule has 0 fully saturated rings. The maximum absolute atomic E-state index is 15.2. The SMILES string of the molecule is CCCCCc1ccc(-c2ccc(-c3ccc(/C(F)=C(\F)c4ccc(C(F)(F)Oc5cc(F)c(F)c(F)c5)c(F)c4)c(F)c3)c(F)c2)cc1. The van der Waals surface area contributed by atoms with Crippen LogP contribution in [0.3, 0.4) is 0 Å². The van der Waals surface area contributed by atoms with E-state index >= 15 is 17.6 Å². The van der Waals surface area contributed by atoms with E-state index in [0.29, 0.717) is 17.7 Å². The second kappa shape index (κ2) is 14.6. The zero-order valence-corrected chi connectivity index (χ0v) is 25.7. The van der Waals surface area contributed by atoms with Gasteiger partial charge in [-0.1, -0.05) is 68.3 Å². The number of halogens is 10. The van der Waals surface area contributed by atoms with Gasteiger partial charge in [-0.3, -0.25) is 0 Å². The molecule has 0 heterocycles. The summed E-state index contributed by atoms with van der Waals surface area (Å²) < 4.78 is 148. The molecule has 0 spiro atoms. The molecule has 0 aromatic heterocycles. The molecule has 5 aromatic rings. The first-order valence-corrected chi connectivity index (χ1v) is 15.0. The van der Waals surface area contributed by atoms with Crippen LogP contribution in [0.1, 0.15) is 48.4 Å². The highest BCUT2D eigenvalue weighted by molar-refractivity contribution is 5.84. The largest absolute Gasteiger partial charge is 0.429 e. The third-order valence-electron chi connectivity index (χ3n) is 7.77. The smallest absolute Gasteiger partial charge is 0.429 e. The van der Waals surface area contributed by atoms with E-state index in [1.54, 1.807) is 6.07 Å². The second-order valence-corrected chi connectivity index (χ2v) is 11.2. The first kappa shape index (κ1) is 35.3. The summed E-state index contributed by atoms with van der Waals surface area (Å²) in [4.78, 5) is 0. The Morgan fingerprint density at radius 3 is 1.84 bits per heavy atom. The number of benzene rings is 5. The van der Waals surface area contributed by atoms with Crippen molar-refractivity contribution in [1.29, 1.82) is 0 Å². The maximum atomic E-state index is 15.2. The lowest BCUT2D eigenvalue weighted by Gasteiger charge is -2.19. The number of ether oxygens (including phenoxy) is 1. The van der Waals surface area contributed by atoms with Crippen LogP contribution in [0.25, 0.3) is 33.9 Å². The van der Waals surface area contributed by atoms with Gasteiger partial charge >= 0.3 is 6.11 Å². The Bertz CT molecular complexity index is 2000. The van der Waals surface area contributed by atoms with Gasteiger partial charge in [0.1, 0.15) is 23.2 Å². The van der Waals surface area contributed by atoms with E-state index in [1.165, 1.54) is 12.1 Å². The van der Waals surface area contributed by atoms with Gasteiger partial charge in [0.15, 0.2) is 29.1 Å². The minimum Gasteiger partial charge on any atom is -0.429 e. The van der Waals surface area contributed by atoms with Gasteiger partial charge in [0.2, 0.25) is 0 Å². The van der Waals surface area contributed by atoms with Gasteiger partial charge in [-0.05, 0) is 65.4 Å². The third-order valence-corrected chi connectivity index (χ3v) is 7.77. The van der Waals surface area contributed by atoms with E-state index in [9.17, 15) is 26.3 Å². The van der Waals surface area contributed by atoms with Crippen molar-refractivity contribution in [2.24, 2.45) is 0 Å². The van der Waals surface area contributed by atoms with Crippen LogP contribution < -0.4 is 4.74 Å². The highest BCUT2D eigenvalue weighted by Gasteiger charge is 2.38. The molecule has 0 saturated heterocycles. The molecule has 0 amide bonds. The van der Waals surface area contributed by atoms with Crippen molar-refractivity contribution in [1.82, 2.24) is 0 Å².